The predicted octanol–water partition coefficient (Wildman–Crippen LogP) is 3.83. The van der Waals surface area contributed by atoms with Crippen LogP contribution >= 0.6 is 39.3 Å². The number of hydrogen-bond acceptors (Lipinski definition) is 6. The van der Waals surface area contributed by atoms with Crippen molar-refractivity contribution in [1.29, 1.82) is 0 Å². The summed E-state index contributed by atoms with van der Waals surface area (Å²) < 4.78 is 4.77. The molecule has 36 heavy (non-hydrogen) atoms. The molecule has 194 valence electrons. The number of allylic oxidation sites excluding steroid dienone is 1. The fourth-order valence-electron chi connectivity index (χ4n) is 5.74. The van der Waals surface area contributed by atoms with E-state index in [1.807, 2.05) is 0 Å². The van der Waals surface area contributed by atoms with E-state index in [-0.39, 0.29) is 48.2 Å². The molecule has 0 radical (unpaired) electrons. The van der Waals surface area contributed by atoms with Crippen molar-refractivity contribution in [3.63, 3.8) is 0 Å². The van der Waals surface area contributed by atoms with Crippen molar-refractivity contribution < 1.29 is 24.2 Å². The second-order valence-corrected chi connectivity index (χ2v) is 12.4. The number of β-amino-alcohol motifs (C(OH)–C–C–N with tert-alkyl or cyclic N) is 1. The van der Waals surface area contributed by atoms with Crippen molar-refractivity contribution in [1.82, 2.24) is 4.90 Å². The number of aliphatic hydroxyl groups is 1. The molecule has 3 unspecified atom stereocenters. The fraction of sp³-hybridized carbons (Fsp3) is 0.500. The van der Waals surface area contributed by atoms with Gasteiger partial charge in [-0.15, -0.1) is 24.9 Å². The van der Waals surface area contributed by atoms with Crippen molar-refractivity contribution in [3.05, 3.63) is 54.6 Å². The monoisotopic (exact) mass is 596 g/mol. The average Bonchev–Trinajstić information content (AvgIpc) is 3.44. The number of alkyl halides is 1. The van der Waals surface area contributed by atoms with Gasteiger partial charge in [0.15, 0.2) is 0 Å². The minimum absolute atomic E-state index is 0.00924. The van der Waals surface area contributed by atoms with Crippen LogP contribution in [0.1, 0.15) is 19.3 Å². The molecule has 3 fully saturated rings. The number of thioether (sulfide) groups is 1. The van der Waals surface area contributed by atoms with Crippen molar-refractivity contribution in [2.75, 3.05) is 31.2 Å². The van der Waals surface area contributed by atoms with Gasteiger partial charge < -0.3 is 19.6 Å². The molecule has 0 aliphatic carbocycles. The minimum atomic E-state index is -0.841. The van der Waals surface area contributed by atoms with E-state index in [0.717, 1.165) is 6.42 Å². The second kappa shape index (κ2) is 11.3. The molecule has 1 aromatic carbocycles. The smallest absolute Gasteiger partial charge is 0.310 e. The Morgan fingerprint density at radius 3 is 2.67 bits per heavy atom. The highest BCUT2D eigenvalue weighted by molar-refractivity contribution is 9.09. The van der Waals surface area contributed by atoms with E-state index in [4.69, 9.17) is 16.3 Å². The van der Waals surface area contributed by atoms with Crippen molar-refractivity contribution in [2.45, 2.75) is 40.1 Å². The van der Waals surface area contributed by atoms with Gasteiger partial charge in [-0.1, -0.05) is 39.7 Å². The largest absolute Gasteiger partial charge is 0.465 e. The summed E-state index contributed by atoms with van der Waals surface area (Å²) in [5.41, 5.74) is 0.631. The third kappa shape index (κ3) is 4.64. The van der Waals surface area contributed by atoms with E-state index in [0.29, 0.717) is 23.6 Å². The van der Waals surface area contributed by atoms with Gasteiger partial charge in [-0.3, -0.25) is 14.4 Å². The summed E-state index contributed by atoms with van der Waals surface area (Å²) in [6.07, 6.45) is 5.35. The van der Waals surface area contributed by atoms with Crippen LogP contribution in [0.25, 0.3) is 0 Å². The Morgan fingerprint density at radius 1 is 1.31 bits per heavy atom. The summed E-state index contributed by atoms with van der Waals surface area (Å²) in [5, 5.41) is 10.2. The highest BCUT2D eigenvalue weighted by Gasteiger charge is 2.76. The van der Waals surface area contributed by atoms with Gasteiger partial charge >= 0.3 is 5.97 Å². The molecule has 10 heteroatoms. The van der Waals surface area contributed by atoms with Crippen molar-refractivity contribution in [3.8, 4) is 0 Å². The number of unbranched alkanes of at least 4 members (excludes halogenated alkanes) is 1. The second-order valence-electron chi connectivity index (χ2n) is 9.23. The first-order valence-corrected chi connectivity index (χ1v) is 14.2. The lowest BCUT2D eigenvalue weighted by Gasteiger charge is -2.37. The van der Waals surface area contributed by atoms with Gasteiger partial charge in [0.1, 0.15) is 6.04 Å². The van der Waals surface area contributed by atoms with Crippen molar-refractivity contribution >= 4 is 62.8 Å². The van der Waals surface area contributed by atoms with Gasteiger partial charge in [0.2, 0.25) is 5.91 Å². The Kier molecular flexibility index (Phi) is 8.54. The molecule has 4 rings (SSSR count). The van der Waals surface area contributed by atoms with Crippen LogP contribution in [0.4, 0.5) is 5.69 Å². The number of amides is 2. The fourth-order valence-corrected chi connectivity index (χ4v) is 9.46. The molecule has 0 saturated carbocycles. The van der Waals surface area contributed by atoms with Crippen LogP contribution in [0.15, 0.2) is 49.6 Å². The van der Waals surface area contributed by atoms with Crippen LogP contribution in [0.5, 0.6) is 0 Å². The molecule has 7 nitrogen and oxygen atoms in total. The zero-order valence-corrected chi connectivity index (χ0v) is 23.0. The highest BCUT2D eigenvalue weighted by Crippen LogP contribution is 2.68. The number of ether oxygens (including phenoxy) is 1. The first kappa shape index (κ1) is 27.2. The van der Waals surface area contributed by atoms with Gasteiger partial charge in [0.05, 0.1) is 29.8 Å². The standard InChI is InChI=1S/C26H30BrClN2O5S/c1-3-5-6-14-35-25(34)19-20-23(32)30(12-13-31)22(26(20)15-18(27)21(19)36-26)24(33)29(11-4-2)17-9-7-16(28)8-10-17/h3-4,7-10,18-22,31H,1-2,5-6,11-15H2/t18?,19-,20+,21-,22?,26?/m1/s1. The summed E-state index contributed by atoms with van der Waals surface area (Å²) in [6, 6.07) is 6.07. The number of carbonyl (C=O) groups is 3. The molecule has 1 spiro atoms. The number of likely N-dealkylation sites (tertiary alicyclic amines) is 1. The highest BCUT2D eigenvalue weighted by atomic mass is 79.9. The number of halogens is 2. The van der Waals surface area contributed by atoms with Crippen LogP contribution in [0.2, 0.25) is 5.02 Å². The molecule has 1 aromatic rings. The third-order valence-electron chi connectivity index (χ3n) is 7.15. The van der Waals surface area contributed by atoms with Gasteiger partial charge in [0.25, 0.3) is 5.91 Å². The van der Waals surface area contributed by atoms with Gasteiger partial charge in [-0.05, 0) is 43.5 Å². The number of benzene rings is 1. The topological polar surface area (TPSA) is 87.2 Å². The maximum absolute atomic E-state index is 14.2. The number of anilines is 1. The van der Waals surface area contributed by atoms with Crippen LogP contribution in [-0.4, -0.2) is 75.0 Å². The SMILES string of the molecule is C=CCCCOC(=O)[C@H]1[C@@H]2SC3(CC2Br)C(C(=O)N(CC=C)c2ccc(Cl)cc2)N(CCO)C(=O)[C@H]13. The van der Waals surface area contributed by atoms with Gasteiger partial charge in [0, 0.05) is 33.9 Å². The summed E-state index contributed by atoms with van der Waals surface area (Å²) in [7, 11) is 0. The van der Waals surface area contributed by atoms with E-state index in [9.17, 15) is 19.5 Å². The quantitative estimate of drug-likeness (QED) is 0.181. The Morgan fingerprint density at radius 2 is 2.03 bits per heavy atom. The number of hydrogen-bond donors (Lipinski definition) is 1. The normalized spacial score (nSPS) is 30.2. The van der Waals surface area contributed by atoms with E-state index in [1.165, 1.54) is 16.7 Å². The number of rotatable bonds is 11. The Labute approximate surface area is 229 Å². The molecule has 2 bridgehead atoms. The summed E-state index contributed by atoms with van der Waals surface area (Å²) in [6.45, 7) is 7.70. The Hall–Kier alpha value is -1.81. The minimum Gasteiger partial charge on any atom is -0.465 e. The van der Waals surface area contributed by atoms with Gasteiger partial charge in [-0.25, -0.2) is 0 Å². The molecule has 1 N–H and O–H groups in total. The molecule has 3 saturated heterocycles. The first-order chi connectivity index (χ1) is 17.3. The van der Waals surface area contributed by atoms with E-state index in [1.54, 1.807) is 41.3 Å². The zero-order valence-electron chi connectivity index (χ0n) is 19.9. The summed E-state index contributed by atoms with van der Waals surface area (Å²) in [4.78, 5) is 44.2. The first-order valence-electron chi connectivity index (χ1n) is 12.0. The molecule has 2 amide bonds. The molecule has 0 aromatic heterocycles. The summed E-state index contributed by atoms with van der Waals surface area (Å²) >= 11 is 11.3. The third-order valence-corrected chi connectivity index (χ3v) is 10.6. The number of carbonyl (C=O) groups excluding carboxylic acids is 3. The average molecular weight is 598 g/mol. The number of esters is 1. The lowest BCUT2D eigenvalue weighted by Crippen LogP contribution is -2.56. The molecular formula is C26H30BrClN2O5S. The molecular weight excluding hydrogens is 568 g/mol. The van der Waals surface area contributed by atoms with Crippen molar-refractivity contribution in [2.24, 2.45) is 11.8 Å². The molecule has 3 aliphatic rings. The number of fused-ring (bicyclic) bond motifs is 1. The Bertz CT molecular complexity index is 1040. The number of nitrogens with zero attached hydrogens (tertiary/aromatic N) is 2. The van der Waals surface area contributed by atoms with E-state index < -0.39 is 28.6 Å². The van der Waals surface area contributed by atoms with Crippen LogP contribution in [0.3, 0.4) is 0 Å². The summed E-state index contributed by atoms with van der Waals surface area (Å²) in [5.74, 6) is -2.30. The Balaban J connectivity index is 1.70. The van der Waals surface area contributed by atoms with Crippen LogP contribution in [0, 0.1) is 11.8 Å². The zero-order chi connectivity index (χ0) is 26.0. The van der Waals surface area contributed by atoms with Gasteiger partial charge in [-0.2, -0.15) is 0 Å². The van der Waals surface area contributed by atoms with E-state index >= 15 is 0 Å². The molecule has 3 aliphatic heterocycles. The lowest BCUT2D eigenvalue weighted by atomic mass is 9.71. The van der Waals surface area contributed by atoms with E-state index in [2.05, 4.69) is 29.1 Å². The predicted molar refractivity (Wildman–Crippen MR) is 145 cm³/mol. The molecule has 3 heterocycles. The number of aliphatic hydroxyl groups excluding tert-OH is 1. The van der Waals surface area contributed by atoms with Crippen LogP contribution < -0.4 is 4.90 Å². The maximum Gasteiger partial charge on any atom is 0.310 e. The molecule has 6 atom stereocenters. The van der Waals surface area contributed by atoms with Crippen LogP contribution in [-0.2, 0) is 19.1 Å². The maximum atomic E-state index is 14.2. The lowest BCUT2D eigenvalue weighted by molar-refractivity contribution is -0.154.